The number of nitrogens with one attached hydrogen (secondary N) is 2. The van der Waals surface area contributed by atoms with Gasteiger partial charge < -0.3 is 10.2 Å². The van der Waals surface area contributed by atoms with Crippen LogP contribution in [0.15, 0.2) is 18.2 Å². The molecule has 5 nitrogen and oxygen atoms in total. The summed E-state index contributed by atoms with van der Waals surface area (Å²) in [7, 11) is 0. The third-order valence-electron chi connectivity index (χ3n) is 6.73. The molecule has 23 heavy (non-hydrogen) atoms. The molecule has 1 aromatic carbocycles. The monoisotopic (exact) mass is 318 g/mol. The smallest absolute Gasteiger partial charge is 0.240 e. The minimum atomic E-state index is -0.160. The van der Waals surface area contributed by atoms with Crippen LogP contribution < -0.4 is 9.80 Å². The second-order valence-corrected chi connectivity index (χ2v) is 7.80. The molecule has 4 bridgehead atoms. The van der Waals surface area contributed by atoms with E-state index in [0.717, 1.165) is 44.6 Å². The number of ketones is 1. The van der Waals surface area contributed by atoms with Crippen LogP contribution in [0.3, 0.4) is 0 Å². The fraction of sp³-hybridized carbons (Fsp3) is 0.611. The number of benzene rings is 1. The van der Waals surface area contributed by atoms with Crippen LogP contribution >= 0.6 is 0 Å². The summed E-state index contributed by atoms with van der Waals surface area (Å²) in [6.07, 6.45) is 2.11. The fourth-order valence-electron chi connectivity index (χ4n) is 5.58. The zero-order valence-corrected chi connectivity index (χ0v) is 13.9. The zero-order chi connectivity index (χ0) is 16.4. The Labute approximate surface area is 136 Å². The molecule has 4 fully saturated rings. The van der Waals surface area contributed by atoms with Gasteiger partial charge in [0.25, 0.3) is 0 Å². The Morgan fingerprint density at radius 3 is 1.96 bits per heavy atom. The molecular weight excluding hydrogens is 292 g/mol. The van der Waals surface area contributed by atoms with E-state index in [9.17, 15) is 15.0 Å². The largest absolute Gasteiger partial charge is 0.504 e. The molecule has 4 N–H and O–H groups in total. The highest BCUT2D eigenvalue weighted by molar-refractivity contribution is 5.92. The van der Waals surface area contributed by atoms with Crippen LogP contribution in [0, 0.1) is 10.8 Å². The summed E-state index contributed by atoms with van der Waals surface area (Å²) in [5, 5.41) is 19.4. The quantitative estimate of drug-likeness (QED) is 0.556. The number of carbonyl (C=O) groups excluding carboxylic acids is 1. The van der Waals surface area contributed by atoms with Gasteiger partial charge in [-0.05, 0) is 31.0 Å². The predicted octanol–water partition coefficient (Wildman–Crippen LogP) is -0.731. The van der Waals surface area contributed by atoms with Crippen molar-refractivity contribution in [3.05, 3.63) is 23.8 Å². The van der Waals surface area contributed by atoms with Crippen LogP contribution in [0.5, 0.6) is 11.5 Å². The van der Waals surface area contributed by atoms with Crippen LogP contribution in [0.25, 0.3) is 0 Å². The molecule has 4 heterocycles. The van der Waals surface area contributed by atoms with Crippen molar-refractivity contribution in [3.63, 3.8) is 0 Å². The number of phenols is 2. The van der Waals surface area contributed by atoms with E-state index in [4.69, 9.17) is 0 Å². The van der Waals surface area contributed by atoms with Crippen molar-refractivity contribution >= 4 is 5.78 Å². The average Bonchev–Trinajstić information content (AvgIpc) is 2.54. The van der Waals surface area contributed by atoms with Crippen molar-refractivity contribution in [3.8, 4) is 11.5 Å². The van der Waals surface area contributed by atoms with Crippen LogP contribution in [-0.4, -0.2) is 42.2 Å². The molecule has 0 amide bonds. The number of hydrogen-bond acceptors (Lipinski definition) is 3. The summed E-state index contributed by atoms with van der Waals surface area (Å²) in [4.78, 5) is 16.0. The van der Waals surface area contributed by atoms with E-state index in [2.05, 4.69) is 13.8 Å². The number of hydrogen-bond donors (Lipinski definition) is 4. The lowest BCUT2D eigenvalue weighted by atomic mass is 9.58. The molecule has 0 aliphatic carbocycles. The predicted molar refractivity (Wildman–Crippen MR) is 84.4 cm³/mol. The van der Waals surface area contributed by atoms with Gasteiger partial charge in [-0.2, -0.15) is 0 Å². The van der Waals surface area contributed by atoms with Crippen LogP contribution in [0.2, 0.25) is 0 Å². The second-order valence-electron chi connectivity index (χ2n) is 7.80. The number of aromatic hydroxyl groups is 2. The van der Waals surface area contributed by atoms with E-state index >= 15 is 0 Å². The number of rotatable bonds is 3. The van der Waals surface area contributed by atoms with Gasteiger partial charge >= 0.3 is 0 Å². The first kappa shape index (κ1) is 15.0. The third-order valence-corrected chi connectivity index (χ3v) is 6.73. The van der Waals surface area contributed by atoms with E-state index in [-0.39, 0.29) is 28.5 Å². The molecule has 0 saturated carbocycles. The van der Waals surface area contributed by atoms with E-state index in [0.29, 0.717) is 5.78 Å². The Morgan fingerprint density at radius 1 is 1.00 bits per heavy atom. The first-order valence-electron chi connectivity index (χ1n) is 8.71. The topological polar surface area (TPSA) is 66.4 Å². The maximum absolute atomic E-state index is 13.1. The number of phenolic OH excluding ortho intramolecular Hbond substituents is 2. The molecule has 4 aliphatic heterocycles. The fourth-order valence-corrected chi connectivity index (χ4v) is 5.58. The van der Waals surface area contributed by atoms with Gasteiger partial charge in [0.15, 0.2) is 17.3 Å². The summed E-state index contributed by atoms with van der Waals surface area (Å²) >= 11 is 0. The summed E-state index contributed by atoms with van der Waals surface area (Å²) in [6, 6.07) is 5.19. The summed E-state index contributed by atoms with van der Waals surface area (Å²) in [5.41, 5.74) is 0.744. The van der Waals surface area contributed by atoms with Crippen LogP contribution in [0.4, 0.5) is 0 Å². The van der Waals surface area contributed by atoms with Crippen molar-refractivity contribution < 1.29 is 24.8 Å². The Bertz CT molecular complexity index is 630. The first-order valence-corrected chi connectivity index (χ1v) is 8.71. The van der Waals surface area contributed by atoms with Gasteiger partial charge in [-0.15, -0.1) is 0 Å². The molecule has 5 rings (SSSR count). The van der Waals surface area contributed by atoms with Gasteiger partial charge in [-0.25, -0.2) is 0 Å². The lowest BCUT2D eigenvalue weighted by Crippen LogP contribution is -3.41. The van der Waals surface area contributed by atoms with Crippen molar-refractivity contribution in [2.75, 3.05) is 26.2 Å². The van der Waals surface area contributed by atoms with E-state index in [1.54, 1.807) is 12.1 Å². The minimum Gasteiger partial charge on any atom is -0.504 e. The maximum atomic E-state index is 13.1. The maximum Gasteiger partial charge on any atom is 0.240 e. The molecule has 0 unspecified atom stereocenters. The molecule has 5 heteroatoms. The first-order chi connectivity index (χ1) is 10.9. The van der Waals surface area contributed by atoms with Crippen molar-refractivity contribution in [1.82, 2.24) is 0 Å². The molecule has 124 valence electrons. The molecule has 0 spiro atoms. The highest BCUT2D eigenvalue weighted by atomic mass is 16.3. The summed E-state index contributed by atoms with van der Waals surface area (Å²) in [6.45, 7) is 7.91. The number of quaternary nitrogens is 2. The molecule has 0 aromatic heterocycles. The van der Waals surface area contributed by atoms with Crippen LogP contribution in [-0.2, 0) is 4.79 Å². The highest BCUT2D eigenvalue weighted by Crippen LogP contribution is 2.41. The molecule has 0 atom stereocenters. The van der Waals surface area contributed by atoms with Crippen molar-refractivity contribution in [2.24, 2.45) is 10.8 Å². The molecule has 4 saturated heterocycles. The van der Waals surface area contributed by atoms with Gasteiger partial charge in [0.1, 0.15) is 37.0 Å². The van der Waals surface area contributed by atoms with Gasteiger partial charge in [0, 0.05) is 0 Å². The summed E-state index contributed by atoms with van der Waals surface area (Å²) in [5.74, 6) is 0.385. The van der Waals surface area contributed by atoms with E-state index in [1.165, 1.54) is 9.80 Å². The zero-order valence-electron chi connectivity index (χ0n) is 13.9. The molecule has 4 aliphatic rings. The lowest BCUT2D eigenvalue weighted by Gasteiger charge is -2.60. The SMILES string of the molecule is CCC12C[NH+]3CC(CC)(C[NH+](C1)C3c1ccc(O)c(O)c1)C2=O. The van der Waals surface area contributed by atoms with Crippen LogP contribution in [0.1, 0.15) is 38.4 Å². The van der Waals surface area contributed by atoms with Crippen molar-refractivity contribution in [1.29, 1.82) is 0 Å². The highest BCUT2D eigenvalue weighted by Gasteiger charge is 2.70. The Morgan fingerprint density at radius 2 is 1.52 bits per heavy atom. The van der Waals surface area contributed by atoms with Gasteiger partial charge in [0.05, 0.1) is 5.56 Å². The number of Topliss-reactive ketones (excluding diaryl/α,β-unsaturated/α-hetero) is 1. The lowest BCUT2D eigenvalue weighted by molar-refractivity contribution is -1.18. The molecular formula is C18H26N2O3+2. The normalized spacial score (nSPS) is 41.5. The van der Waals surface area contributed by atoms with Gasteiger partial charge in [-0.1, -0.05) is 13.8 Å². The Kier molecular flexibility index (Phi) is 3.06. The summed E-state index contributed by atoms with van der Waals surface area (Å²) < 4.78 is 0. The van der Waals surface area contributed by atoms with Gasteiger partial charge in [0.2, 0.25) is 6.17 Å². The second kappa shape index (κ2) is 4.71. The third kappa shape index (κ3) is 1.83. The minimum absolute atomic E-state index is 0.0519. The number of carbonyl (C=O) groups is 1. The Balaban J connectivity index is 1.75. The average molecular weight is 318 g/mol. The van der Waals surface area contributed by atoms with Gasteiger partial charge in [-0.3, -0.25) is 14.6 Å². The molecule has 1 aromatic rings. The Hall–Kier alpha value is -1.59. The van der Waals surface area contributed by atoms with E-state index in [1.807, 2.05) is 6.07 Å². The standard InChI is InChI=1S/C18H24N2O3/c1-3-17-8-19-10-18(4-2,16(17)23)11-20(9-17)15(19)12-5-6-13(21)14(22)7-12/h5-7,15,21-22H,3-4,8-11H2,1-2H3/p+2. The van der Waals surface area contributed by atoms with Crippen molar-refractivity contribution in [2.45, 2.75) is 32.9 Å². The molecule has 0 radical (unpaired) electrons. The van der Waals surface area contributed by atoms with E-state index < -0.39 is 0 Å². The number of piperidine rings is 2.